The molecule has 0 saturated carbocycles. The van der Waals surface area contributed by atoms with Crippen LogP contribution in [0.15, 0.2) is 10.5 Å². The minimum Gasteiger partial charge on any atom is -0.464 e. The molecule has 2 N–H and O–H groups in total. The Bertz CT molecular complexity index is 329. The van der Waals surface area contributed by atoms with E-state index in [0.717, 1.165) is 36.5 Å². The predicted octanol–water partition coefficient (Wildman–Crippen LogP) is 1.74. The number of furan rings is 1. The molecule has 0 amide bonds. The molecule has 1 aliphatic heterocycles. The Morgan fingerprint density at radius 3 is 3.06 bits per heavy atom. The number of hydrogen-bond acceptors (Lipinski definition) is 4. The van der Waals surface area contributed by atoms with E-state index in [0.29, 0.717) is 19.8 Å². The fourth-order valence-corrected chi connectivity index (χ4v) is 1.93. The summed E-state index contributed by atoms with van der Waals surface area (Å²) in [4.78, 5) is 0. The Kier molecular flexibility index (Phi) is 3.98. The predicted molar refractivity (Wildman–Crippen MR) is 60.0 cm³/mol. The lowest BCUT2D eigenvalue weighted by atomic mass is 10.2. The van der Waals surface area contributed by atoms with E-state index in [1.54, 1.807) is 0 Å². The molecule has 2 rings (SSSR count). The van der Waals surface area contributed by atoms with Gasteiger partial charge in [-0.25, -0.2) is 0 Å². The van der Waals surface area contributed by atoms with Gasteiger partial charge < -0.3 is 19.6 Å². The summed E-state index contributed by atoms with van der Waals surface area (Å²) in [6, 6.07) is 1.96. The second-order valence-corrected chi connectivity index (χ2v) is 4.15. The van der Waals surface area contributed by atoms with Crippen LogP contribution < -0.4 is 5.73 Å². The molecule has 0 spiro atoms. The molecule has 1 aromatic rings. The first-order valence-electron chi connectivity index (χ1n) is 5.77. The fourth-order valence-electron chi connectivity index (χ4n) is 1.93. The Balaban J connectivity index is 1.75. The zero-order valence-corrected chi connectivity index (χ0v) is 9.70. The van der Waals surface area contributed by atoms with Gasteiger partial charge in [-0.3, -0.25) is 0 Å². The molecule has 1 aromatic heterocycles. The molecular weight excluding hydrogens is 206 g/mol. The standard InChI is InChI=1S/C12H19NO3/c1-9-10(6-13)5-12(16-9)8-14-7-11-3-2-4-15-11/h5,11H,2-4,6-8,13H2,1H3. The van der Waals surface area contributed by atoms with Crippen LogP contribution in [0.3, 0.4) is 0 Å². The van der Waals surface area contributed by atoms with E-state index in [2.05, 4.69) is 0 Å². The Morgan fingerprint density at radius 2 is 2.44 bits per heavy atom. The van der Waals surface area contributed by atoms with Gasteiger partial charge in [-0.05, 0) is 25.8 Å². The second kappa shape index (κ2) is 5.48. The average molecular weight is 225 g/mol. The van der Waals surface area contributed by atoms with Gasteiger partial charge in [0, 0.05) is 18.7 Å². The van der Waals surface area contributed by atoms with Gasteiger partial charge in [-0.15, -0.1) is 0 Å². The highest BCUT2D eigenvalue weighted by Gasteiger charge is 2.15. The first kappa shape index (κ1) is 11.6. The summed E-state index contributed by atoms with van der Waals surface area (Å²) in [5, 5.41) is 0. The van der Waals surface area contributed by atoms with Crippen molar-refractivity contribution in [2.45, 2.75) is 39.0 Å². The summed E-state index contributed by atoms with van der Waals surface area (Å²) in [5.41, 5.74) is 6.62. The number of aryl methyl sites for hydroxylation is 1. The molecule has 90 valence electrons. The van der Waals surface area contributed by atoms with Gasteiger partial charge in [0.25, 0.3) is 0 Å². The largest absolute Gasteiger partial charge is 0.464 e. The summed E-state index contributed by atoms with van der Waals surface area (Å²) < 4.78 is 16.5. The molecule has 1 atom stereocenters. The maximum Gasteiger partial charge on any atom is 0.130 e. The highest BCUT2D eigenvalue weighted by Crippen LogP contribution is 2.16. The van der Waals surface area contributed by atoms with Crippen LogP contribution in [0.5, 0.6) is 0 Å². The summed E-state index contributed by atoms with van der Waals surface area (Å²) >= 11 is 0. The second-order valence-electron chi connectivity index (χ2n) is 4.15. The lowest BCUT2D eigenvalue weighted by Gasteiger charge is -2.08. The average Bonchev–Trinajstić information content (AvgIpc) is 2.88. The normalized spacial score (nSPS) is 20.5. The van der Waals surface area contributed by atoms with Crippen molar-refractivity contribution >= 4 is 0 Å². The quantitative estimate of drug-likeness (QED) is 0.829. The molecule has 0 aliphatic carbocycles. The van der Waals surface area contributed by atoms with Crippen molar-refractivity contribution in [3.63, 3.8) is 0 Å². The Hall–Kier alpha value is -0.840. The third-order valence-electron chi connectivity index (χ3n) is 2.86. The Labute approximate surface area is 95.7 Å². The molecule has 16 heavy (non-hydrogen) atoms. The van der Waals surface area contributed by atoms with Crippen molar-refractivity contribution in [2.24, 2.45) is 5.73 Å². The van der Waals surface area contributed by atoms with Crippen molar-refractivity contribution in [2.75, 3.05) is 13.2 Å². The van der Waals surface area contributed by atoms with Crippen LogP contribution >= 0.6 is 0 Å². The first-order valence-corrected chi connectivity index (χ1v) is 5.77. The van der Waals surface area contributed by atoms with E-state index in [1.165, 1.54) is 0 Å². The lowest BCUT2D eigenvalue weighted by molar-refractivity contribution is 0.00566. The van der Waals surface area contributed by atoms with Crippen molar-refractivity contribution in [1.29, 1.82) is 0 Å². The number of rotatable bonds is 5. The molecule has 0 bridgehead atoms. The molecular formula is C12H19NO3. The van der Waals surface area contributed by atoms with E-state index in [4.69, 9.17) is 19.6 Å². The van der Waals surface area contributed by atoms with Gasteiger partial charge in [-0.2, -0.15) is 0 Å². The lowest BCUT2D eigenvalue weighted by Crippen LogP contribution is -2.13. The Morgan fingerprint density at radius 1 is 1.56 bits per heavy atom. The van der Waals surface area contributed by atoms with Crippen LogP contribution in [-0.2, 0) is 22.6 Å². The smallest absolute Gasteiger partial charge is 0.130 e. The molecule has 0 radical (unpaired) electrons. The minimum atomic E-state index is 0.269. The van der Waals surface area contributed by atoms with E-state index >= 15 is 0 Å². The third kappa shape index (κ3) is 2.84. The summed E-state index contributed by atoms with van der Waals surface area (Å²) in [6.07, 6.45) is 2.52. The zero-order chi connectivity index (χ0) is 11.4. The van der Waals surface area contributed by atoms with Crippen LogP contribution in [-0.4, -0.2) is 19.3 Å². The van der Waals surface area contributed by atoms with Gasteiger partial charge in [-0.1, -0.05) is 0 Å². The first-order chi connectivity index (χ1) is 7.79. The molecule has 2 heterocycles. The van der Waals surface area contributed by atoms with Gasteiger partial charge in [0.2, 0.25) is 0 Å². The minimum absolute atomic E-state index is 0.269. The molecule has 1 aliphatic rings. The maximum absolute atomic E-state index is 5.57. The van der Waals surface area contributed by atoms with E-state index < -0.39 is 0 Å². The van der Waals surface area contributed by atoms with Crippen molar-refractivity contribution in [1.82, 2.24) is 0 Å². The van der Waals surface area contributed by atoms with Crippen LogP contribution in [0.1, 0.15) is 29.9 Å². The molecule has 4 heteroatoms. The zero-order valence-electron chi connectivity index (χ0n) is 9.70. The van der Waals surface area contributed by atoms with Crippen LogP contribution in [0.2, 0.25) is 0 Å². The molecule has 1 saturated heterocycles. The topological polar surface area (TPSA) is 57.6 Å². The number of ether oxygens (including phenoxy) is 2. The molecule has 1 fully saturated rings. The number of nitrogens with two attached hydrogens (primary N) is 1. The van der Waals surface area contributed by atoms with Gasteiger partial charge in [0.15, 0.2) is 0 Å². The van der Waals surface area contributed by atoms with Crippen LogP contribution in [0.4, 0.5) is 0 Å². The van der Waals surface area contributed by atoms with Gasteiger partial charge in [0.05, 0.1) is 12.7 Å². The summed E-state index contributed by atoms with van der Waals surface area (Å²) in [5.74, 6) is 1.73. The SMILES string of the molecule is Cc1oc(COCC2CCCO2)cc1CN. The summed E-state index contributed by atoms with van der Waals surface area (Å²) in [7, 11) is 0. The highest BCUT2D eigenvalue weighted by atomic mass is 16.5. The fraction of sp³-hybridized carbons (Fsp3) is 0.667. The van der Waals surface area contributed by atoms with Crippen molar-refractivity contribution in [3.8, 4) is 0 Å². The van der Waals surface area contributed by atoms with Crippen LogP contribution in [0, 0.1) is 6.92 Å². The summed E-state index contributed by atoms with van der Waals surface area (Å²) in [6.45, 7) is 4.45. The van der Waals surface area contributed by atoms with Crippen LogP contribution in [0.25, 0.3) is 0 Å². The maximum atomic E-state index is 5.57. The van der Waals surface area contributed by atoms with Gasteiger partial charge >= 0.3 is 0 Å². The van der Waals surface area contributed by atoms with E-state index in [1.807, 2.05) is 13.0 Å². The van der Waals surface area contributed by atoms with Gasteiger partial charge in [0.1, 0.15) is 18.1 Å². The monoisotopic (exact) mass is 225 g/mol. The number of hydrogen-bond donors (Lipinski definition) is 1. The third-order valence-corrected chi connectivity index (χ3v) is 2.86. The van der Waals surface area contributed by atoms with Crippen molar-refractivity contribution in [3.05, 3.63) is 23.2 Å². The highest BCUT2D eigenvalue weighted by molar-refractivity contribution is 5.19. The van der Waals surface area contributed by atoms with E-state index in [9.17, 15) is 0 Å². The van der Waals surface area contributed by atoms with Crippen molar-refractivity contribution < 1.29 is 13.9 Å². The molecule has 1 unspecified atom stereocenters. The molecule has 4 nitrogen and oxygen atoms in total. The molecule has 0 aromatic carbocycles. The van der Waals surface area contributed by atoms with E-state index in [-0.39, 0.29) is 6.10 Å².